The second kappa shape index (κ2) is 4.59. The Kier molecular flexibility index (Phi) is 3.26. The molecule has 6 atom stereocenters. The lowest BCUT2D eigenvalue weighted by Crippen LogP contribution is -2.47. The maximum absolute atomic E-state index is 2.61. The van der Waals surface area contributed by atoms with Gasteiger partial charge in [-0.1, -0.05) is 59.3 Å². The van der Waals surface area contributed by atoms with Crippen LogP contribution < -0.4 is 0 Å². The van der Waals surface area contributed by atoms with Gasteiger partial charge in [-0.05, 0) is 47.8 Å². The molecule has 0 radical (unpaired) electrons. The minimum absolute atomic E-state index is 1.01. The van der Waals surface area contributed by atoms with Gasteiger partial charge in [-0.25, -0.2) is 0 Å². The van der Waals surface area contributed by atoms with Crippen molar-refractivity contribution in [1.29, 1.82) is 0 Å². The van der Waals surface area contributed by atoms with E-state index in [0.29, 0.717) is 0 Å². The summed E-state index contributed by atoms with van der Waals surface area (Å²) in [6.45, 7) is 7.69. The molecule has 98 valence electrons. The number of hydrogen-bond donors (Lipinski definition) is 0. The highest BCUT2D eigenvalue weighted by Crippen LogP contribution is 2.55. The van der Waals surface area contributed by atoms with Gasteiger partial charge in [0.25, 0.3) is 0 Å². The molecule has 0 bridgehead atoms. The van der Waals surface area contributed by atoms with Gasteiger partial charge in [0.15, 0.2) is 0 Å². The summed E-state index contributed by atoms with van der Waals surface area (Å²) in [5, 5.41) is 0. The Morgan fingerprint density at radius 3 is 1.59 bits per heavy atom. The minimum atomic E-state index is 1.01. The van der Waals surface area contributed by atoms with Crippen LogP contribution in [0.1, 0.15) is 65.7 Å². The lowest BCUT2D eigenvalue weighted by molar-refractivity contribution is -0.0502. The van der Waals surface area contributed by atoms with Gasteiger partial charge in [-0.2, -0.15) is 0 Å². The van der Waals surface area contributed by atoms with E-state index in [4.69, 9.17) is 0 Å². The number of rotatable bonds is 0. The third-order valence-electron chi connectivity index (χ3n) is 6.69. The standard InChI is InChI=1S/C17H30/c1-11-6-4-8-14-10-15-9-5-7-12(2)17(15)13(3)16(11)14/h11-17H,4-10H2,1-3H3. The summed E-state index contributed by atoms with van der Waals surface area (Å²) in [7, 11) is 0. The lowest BCUT2D eigenvalue weighted by atomic mass is 9.51. The normalized spacial score (nSPS) is 54.9. The van der Waals surface area contributed by atoms with Gasteiger partial charge in [0.1, 0.15) is 0 Å². The molecule has 0 aromatic carbocycles. The Labute approximate surface area is 108 Å². The first-order valence-electron chi connectivity index (χ1n) is 8.18. The summed E-state index contributed by atoms with van der Waals surface area (Å²) >= 11 is 0. The minimum Gasteiger partial charge on any atom is -0.0622 e. The van der Waals surface area contributed by atoms with Gasteiger partial charge >= 0.3 is 0 Å². The van der Waals surface area contributed by atoms with Gasteiger partial charge in [0.05, 0.1) is 0 Å². The zero-order chi connectivity index (χ0) is 12.0. The van der Waals surface area contributed by atoms with Crippen LogP contribution in [0.3, 0.4) is 0 Å². The van der Waals surface area contributed by atoms with Crippen LogP contribution in [-0.4, -0.2) is 0 Å². The zero-order valence-electron chi connectivity index (χ0n) is 12.0. The second-order valence-electron chi connectivity index (χ2n) is 7.59. The third-order valence-corrected chi connectivity index (χ3v) is 6.69. The Hall–Kier alpha value is 0. The second-order valence-corrected chi connectivity index (χ2v) is 7.59. The average molecular weight is 234 g/mol. The molecule has 6 unspecified atom stereocenters. The first kappa shape index (κ1) is 12.1. The fraction of sp³-hybridized carbons (Fsp3) is 1.00. The quantitative estimate of drug-likeness (QED) is 0.545. The van der Waals surface area contributed by atoms with Crippen molar-refractivity contribution in [1.82, 2.24) is 0 Å². The largest absolute Gasteiger partial charge is 0.0622 e. The first-order valence-corrected chi connectivity index (χ1v) is 8.18. The predicted octanol–water partition coefficient (Wildman–Crippen LogP) is 5.13. The summed E-state index contributed by atoms with van der Waals surface area (Å²) in [5.41, 5.74) is 0. The molecule has 0 amide bonds. The van der Waals surface area contributed by atoms with Crippen molar-refractivity contribution in [2.24, 2.45) is 41.4 Å². The molecular weight excluding hydrogens is 204 g/mol. The number of fused-ring (bicyclic) bond motifs is 2. The van der Waals surface area contributed by atoms with E-state index in [1.54, 1.807) is 19.3 Å². The van der Waals surface area contributed by atoms with Gasteiger partial charge in [-0.3, -0.25) is 0 Å². The van der Waals surface area contributed by atoms with E-state index in [1.807, 2.05) is 0 Å². The van der Waals surface area contributed by atoms with E-state index in [-0.39, 0.29) is 0 Å². The maximum atomic E-state index is 2.61. The molecule has 0 spiro atoms. The van der Waals surface area contributed by atoms with E-state index in [2.05, 4.69) is 20.8 Å². The number of hydrogen-bond acceptors (Lipinski definition) is 0. The molecule has 3 aliphatic carbocycles. The van der Waals surface area contributed by atoms with Gasteiger partial charge in [0.2, 0.25) is 0 Å². The molecule has 17 heavy (non-hydrogen) atoms. The van der Waals surface area contributed by atoms with Crippen LogP contribution in [0.5, 0.6) is 0 Å². The molecule has 0 nitrogen and oxygen atoms in total. The van der Waals surface area contributed by atoms with Crippen molar-refractivity contribution in [3.8, 4) is 0 Å². The van der Waals surface area contributed by atoms with Crippen LogP contribution in [0.25, 0.3) is 0 Å². The predicted molar refractivity (Wildman–Crippen MR) is 73.8 cm³/mol. The van der Waals surface area contributed by atoms with Crippen molar-refractivity contribution >= 4 is 0 Å². The van der Waals surface area contributed by atoms with Crippen LogP contribution >= 0.6 is 0 Å². The molecular formula is C17H30. The smallest absolute Gasteiger partial charge is 0.0331 e. The SMILES string of the molecule is CC1CCCC2CC3CCCC(C)C3C(C)C12. The first-order chi connectivity index (χ1) is 8.18. The van der Waals surface area contributed by atoms with E-state index in [0.717, 1.165) is 41.4 Å². The summed E-state index contributed by atoms with van der Waals surface area (Å²) in [6.07, 6.45) is 10.8. The molecule has 0 aromatic heterocycles. The Morgan fingerprint density at radius 2 is 1.12 bits per heavy atom. The monoisotopic (exact) mass is 234 g/mol. The third kappa shape index (κ3) is 1.96. The summed E-state index contributed by atoms with van der Waals surface area (Å²) in [5.74, 6) is 7.39. The van der Waals surface area contributed by atoms with Crippen LogP contribution in [-0.2, 0) is 0 Å². The molecule has 3 aliphatic rings. The van der Waals surface area contributed by atoms with Crippen LogP contribution in [0.2, 0.25) is 0 Å². The maximum Gasteiger partial charge on any atom is -0.0331 e. The lowest BCUT2D eigenvalue weighted by Gasteiger charge is -2.54. The van der Waals surface area contributed by atoms with Crippen molar-refractivity contribution in [2.75, 3.05) is 0 Å². The van der Waals surface area contributed by atoms with Gasteiger partial charge in [-0.15, -0.1) is 0 Å². The summed E-state index contributed by atoms with van der Waals surface area (Å²) < 4.78 is 0. The highest BCUT2D eigenvalue weighted by Gasteiger charge is 2.47. The fourth-order valence-electron chi connectivity index (χ4n) is 6.19. The van der Waals surface area contributed by atoms with E-state index >= 15 is 0 Å². The summed E-state index contributed by atoms with van der Waals surface area (Å²) in [6, 6.07) is 0. The highest BCUT2D eigenvalue weighted by molar-refractivity contribution is 4.97. The molecule has 3 fully saturated rings. The molecule has 0 aliphatic heterocycles. The molecule has 0 N–H and O–H groups in total. The average Bonchev–Trinajstić information content (AvgIpc) is 2.28. The molecule has 0 heterocycles. The van der Waals surface area contributed by atoms with Crippen molar-refractivity contribution < 1.29 is 0 Å². The fourth-order valence-corrected chi connectivity index (χ4v) is 6.19. The van der Waals surface area contributed by atoms with Crippen LogP contribution in [0.4, 0.5) is 0 Å². The highest BCUT2D eigenvalue weighted by atomic mass is 14.5. The zero-order valence-corrected chi connectivity index (χ0v) is 12.0. The van der Waals surface area contributed by atoms with Crippen molar-refractivity contribution in [3.05, 3.63) is 0 Å². The van der Waals surface area contributed by atoms with Crippen molar-refractivity contribution in [3.63, 3.8) is 0 Å². The Bertz CT molecular complexity index is 243. The molecule has 0 aromatic rings. The van der Waals surface area contributed by atoms with E-state index in [9.17, 15) is 0 Å². The van der Waals surface area contributed by atoms with E-state index < -0.39 is 0 Å². The van der Waals surface area contributed by atoms with E-state index in [1.165, 1.54) is 25.7 Å². The molecule has 0 heteroatoms. The van der Waals surface area contributed by atoms with Gasteiger partial charge in [0, 0.05) is 0 Å². The molecule has 0 saturated heterocycles. The Balaban J connectivity index is 1.83. The molecule has 3 rings (SSSR count). The van der Waals surface area contributed by atoms with Crippen molar-refractivity contribution in [2.45, 2.75) is 65.7 Å². The summed E-state index contributed by atoms with van der Waals surface area (Å²) in [4.78, 5) is 0. The topological polar surface area (TPSA) is 0 Å². The Morgan fingerprint density at radius 1 is 0.647 bits per heavy atom. The van der Waals surface area contributed by atoms with Crippen LogP contribution in [0, 0.1) is 41.4 Å². The van der Waals surface area contributed by atoms with Crippen LogP contribution in [0.15, 0.2) is 0 Å². The molecule has 3 saturated carbocycles. The van der Waals surface area contributed by atoms with Gasteiger partial charge < -0.3 is 0 Å².